The Morgan fingerprint density at radius 3 is 2.93 bits per heavy atom. The predicted molar refractivity (Wildman–Crippen MR) is 59.8 cm³/mol. The van der Waals surface area contributed by atoms with Gasteiger partial charge in [0.05, 0.1) is 6.61 Å². The molecule has 1 heterocycles. The Morgan fingerprint density at radius 2 is 2.20 bits per heavy atom. The highest BCUT2D eigenvalue weighted by molar-refractivity contribution is 5.61. The van der Waals surface area contributed by atoms with Crippen LogP contribution in [-0.2, 0) is 0 Å². The van der Waals surface area contributed by atoms with Crippen LogP contribution < -0.4 is 9.80 Å². The van der Waals surface area contributed by atoms with Gasteiger partial charge in [0.2, 0.25) is 0 Å². The summed E-state index contributed by atoms with van der Waals surface area (Å²) in [6.45, 7) is 5.57. The number of hydroxylamine groups is 1. The van der Waals surface area contributed by atoms with Crippen molar-refractivity contribution in [2.45, 2.75) is 26.2 Å². The van der Waals surface area contributed by atoms with Crippen LogP contribution in [0, 0.1) is 0 Å². The number of nitrogens with zero attached hydrogens (tertiary/aromatic N) is 1. The van der Waals surface area contributed by atoms with Gasteiger partial charge in [0, 0.05) is 13.0 Å². The van der Waals surface area contributed by atoms with E-state index in [0.717, 1.165) is 23.4 Å². The summed E-state index contributed by atoms with van der Waals surface area (Å²) in [4.78, 5) is 0. The molecule has 15 heavy (non-hydrogen) atoms. The van der Waals surface area contributed by atoms with E-state index in [1.807, 2.05) is 12.1 Å². The maximum Gasteiger partial charge on any atom is 0.148 e. The van der Waals surface area contributed by atoms with E-state index in [4.69, 9.17) is 4.74 Å². The van der Waals surface area contributed by atoms with E-state index in [0.29, 0.717) is 19.1 Å². The SMILES string of the molecule is CC(C)c1cccc2c1OCCCN2O. The number of hydrogen-bond donors (Lipinski definition) is 1. The summed E-state index contributed by atoms with van der Waals surface area (Å²) >= 11 is 0. The average molecular weight is 207 g/mol. The monoisotopic (exact) mass is 207 g/mol. The van der Waals surface area contributed by atoms with Gasteiger partial charge in [-0.15, -0.1) is 0 Å². The van der Waals surface area contributed by atoms with Crippen LogP contribution in [0.3, 0.4) is 0 Å². The molecule has 0 atom stereocenters. The fourth-order valence-corrected chi connectivity index (χ4v) is 1.87. The Hall–Kier alpha value is -1.22. The molecule has 0 aliphatic carbocycles. The minimum atomic E-state index is 0.409. The van der Waals surface area contributed by atoms with E-state index in [1.165, 1.54) is 5.06 Å². The van der Waals surface area contributed by atoms with Gasteiger partial charge in [-0.2, -0.15) is 0 Å². The van der Waals surface area contributed by atoms with Crippen molar-refractivity contribution in [2.24, 2.45) is 0 Å². The molecule has 1 aromatic rings. The van der Waals surface area contributed by atoms with Crippen molar-refractivity contribution in [3.63, 3.8) is 0 Å². The molecular formula is C12H17NO2. The van der Waals surface area contributed by atoms with Gasteiger partial charge < -0.3 is 4.74 Å². The second-order valence-electron chi connectivity index (χ2n) is 4.18. The van der Waals surface area contributed by atoms with Crippen molar-refractivity contribution in [1.29, 1.82) is 0 Å². The molecule has 0 radical (unpaired) electrons. The summed E-state index contributed by atoms with van der Waals surface area (Å²) in [7, 11) is 0. The molecule has 0 saturated carbocycles. The summed E-state index contributed by atoms with van der Waals surface area (Å²) in [5.41, 5.74) is 1.95. The molecule has 1 aromatic carbocycles. The third-order valence-corrected chi connectivity index (χ3v) is 2.69. The Kier molecular flexibility index (Phi) is 2.82. The molecular weight excluding hydrogens is 190 g/mol. The van der Waals surface area contributed by atoms with Gasteiger partial charge in [0.25, 0.3) is 0 Å². The first-order valence-corrected chi connectivity index (χ1v) is 5.42. The highest BCUT2D eigenvalue weighted by atomic mass is 16.5. The fourth-order valence-electron chi connectivity index (χ4n) is 1.87. The first-order chi connectivity index (χ1) is 7.20. The lowest BCUT2D eigenvalue weighted by atomic mass is 10.0. The topological polar surface area (TPSA) is 32.7 Å². The van der Waals surface area contributed by atoms with E-state index in [1.54, 1.807) is 0 Å². The summed E-state index contributed by atoms with van der Waals surface area (Å²) in [6.07, 6.45) is 0.850. The molecule has 0 fully saturated rings. The molecule has 0 unspecified atom stereocenters. The quantitative estimate of drug-likeness (QED) is 0.768. The molecule has 0 aromatic heterocycles. The Morgan fingerprint density at radius 1 is 1.40 bits per heavy atom. The number of benzene rings is 1. The lowest BCUT2D eigenvalue weighted by Crippen LogP contribution is -2.18. The van der Waals surface area contributed by atoms with Crippen LogP contribution in [0.5, 0.6) is 5.75 Å². The lowest BCUT2D eigenvalue weighted by molar-refractivity contribution is 0.252. The Balaban J connectivity index is 2.48. The van der Waals surface area contributed by atoms with Crippen molar-refractivity contribution < 1.29 is 9.94 Å². The van der Waals surface area contributed by atoms with Crippen LogP contribution in [0.4, 0.5) is 5.69 Å². The molecule has 3 heteroatoms. The molecule has 82 valence electrons. The van der Waals surface area contributed by atoms with Gasteiger partial charge >= 0.3 is 0 Å². The number of anilines is 1. The minimum Gasteiger partial charge on any atom is -0.491 e. The van der Waals surface area contributed by atoms with Crippen LogP contribution in [0.25, 0.3) is 0 Å². The third-order valence-electron chi connectivity index (χ3n) is 2.69. The molecule has 1 N–H and O–H groups in total. The number of fused-ring (bicyclic) bond motifs is 1. The highest BCUT2D eigenvalue weighted by Crippen LogP contribution is 2.37. The van der Waals surface area contributed by atoms with Crippen LogP contribution >= 0.6 is 0 Å². The zero-order valence-electron chi connectivity index (χ0n) is 9.23. The van der Waals surface area contributed by atoms with Gasteiger partial charge in [0.1, 0.15) is 11.4 Å². The largest absolute Gasteiger partial charge is 0.491 e. The van der Waals surface area contributed by atoms with Crippen LogP contribution in [0.2, 0.25) is 0 Å². The van der Waals surface area contributed by atoms with Gasteiger partial charge in [0.15, 0.2) is 0 Å². The standard InChI is InChI=1S/C12H17NO2/c1-9(2)10-5-3-6-11-12(10)15-8-4-7-13(11)14/h3,5-6,9,14H,4,7-8H2,1-2H3. The number of rotatable bonds is 1. The second kappa shape index (κ2) is 4.11. The van der Waals surface area contributed by atoms with Crippen LogP contribution in [0.1, 0.15) is 31.7 Å². The molecule has 1 aliphatic rings. The first kappa shape index (κ1) is 10.3. The molecule has 0 spiro atoms. The highest BCUT2D eigenvalue weighted by Gasteiger charge is 2.18. The van der Waals surface area contributed by atoms with Crippen molar-refractivity contribution in [1.82, 2.24) is 0 Å². The molecule has 0 bridgehead atoms. The maximum atomic E-state index is 9.80. The normalized spacial score (nSPS) is 15.9. The van der Waals surface area contributed by atoms with Gasteiger partial charge in [-0.25, -0.2) is 0 Å². The van der Waals surface area contributed by atoms with Crippen molar-refractivity contribution in [3.05, 3.63) is 23.8 Å². The van der Waals surface area contributed by atoms with E-state index in [9.17, 15) is 5.21 Å². The lowest BCUT2D eigenvalue weighted by Gasteiger charge is -2.19. The summed E-state index contributed by atoms with van der Waals surface area (Å²) in [5, 5.41) is 11.1. The maximum absolute atomic E-state index is 9.80. The summed E-state index contributed by atoms with van der Waals surface area (Å²) in [5.74, 6) is 1.25. The average Bonchev–Trinajstić information content (AvgIpc) is 2.40. The second-order valence-corrected chi connectivity index (χ2v) is 4.18. The molecule has 2 rings (SSSR count). The zero-order chi connectivity index (χ0) is 10.8. The molecule has 0 saturated heterocycles. The van der Waals surface area contributed by atoms with E-state index >= 15 is 0 Å². The molecule has 1 aliphatic heterocycles. The predicted octanol–water partition coefficient (Wildman–Crippen LogP) is 2.79. The summed E-state index contributed by atoms with van der Waals surface area (Å²) in [6, 6.07) is 5.92. The fraction of sp³-hybridized carbons (Fsp3) is 0.500. The van der Waals surface area contributed by atoms with Crippen molar-refractivity contribution in [2.75, 3.05) is 18.2 Å². The third kappa shape index (κ3) is 1.92. The van der Waals surface area contributed by atoms with E-state index in [-0.39, 0.29) is 0 Å². The van der Waals surface area contributed by atoms with Gasteiger partial charge in [-0.1, -0.05) is 26.0 Å². The van der Waals surface area contributed by atoms with Gasteiger partial charge in [-0.3, -0.25) is 10.3 Å². The van der Waals surface area contributed by atoms with Gasteiger partial charge in [-0.05, 0) is 17.5 Å². The van der Waals surface area contributed by atoms with Crippen LogP contribution in [-0.4, -0.2) is 18.4 Å². The Bertz CT molecular complexity index is 349. The number of hydrogen-bond acceptors (Lipinski definition) is 3. The first-order valence-electron chi connectivity index (χ1n) is 5.42. The molecule has 0 amide bonds. The van der Waals surface area contributed by atoms with Crippen LogP contribution in [0.15, 0.2) is 18.2 Å². The van der Waals surface area contributed by atoms with Crippen molar-refractivity contribution >= 4 is 5.69 Å². The van der Waals surface area contributed by atoms with E-state index < -0.39 is 0 Å². The van der Waals surface area contributed by atoms with E-state index in [2.05, 4.69) is 19.9 Å². The van der Waals surface area contributed by atoms with Crippen molar-refractivity contribution in [3.8, 4) is 5.75 Å². The zero-order valence-corrected chi connectivity index (χ0v) is 9.23. The Labute approximate surface area is 90.2 Å². The smallest absolute Gasteiger partial charge is 0.148 e. The minimum absolute atomic E-state index is 0.409. The molecule has 3 nitrogen and oxygen atoms in total. The number of para-hydroxylation sites is 1. The number of ether oxygens (including phenoxy) is 1. The summed E-state index contributed by atoms with van der Waals surface area (Å²) < 4.78 is 5.71.